The second kappa shape index (κ2) is 8.05. The number of hydrogen-bond donors (Lipinski definition) is 3. The van der Waals surface area contributed by atoms with Crippen LogP contribution in [0.2, 0.25) is 5.02 Å². The van der Waals surface area contributed by atoms with Gasteiger partial charge in [0.15, 0.2) is 11.2 Å². The van der Waals surface area contributed by atoms with Gasteiger partial charge < -0.3 is 10.1 Å². The first kappa shape index (κ1) is 17.5. The van der Waals surface area contributed by atoms with Gasteiger partial charge in [-0.2, -0.15) is 0 Å². The highest BCUT2D eigenvalue weighted by Gasteiger charge is 2.15. The average molecular weight is 330 g/mol. The summed E-state index contributed by atoms with van der Waals surface area (Å²) in [5.41, 5.74) is 6.90. The second-order valence-corrected chi connectivity index (χ2v) is 5.39. The van der Waals surface area contributed by atoms with E-state index >= 15 is 0 Å². The monoisotopic (exact) mass is 329 g/mol. The molecule has 0 bridgehead atoms. The SMILES string of the molecule is CCNC(=S)NNC(=O)[C@@H](C)Oc1cc(C)c(Cl)c(C)c1. The van der Waals surface area contributed by atoms with Gasteiger partial charge in [-0.05, 0) is 63.2 Å². The van der Waals surface area contributed by atoms with Gasteiger partial charge in [0.1, 0.15) is 5.75 Å². The zero-order valence-corrected chi connectivity index (χ0v) is 14.1. The van der Waals surface area contributed by atoms with Crippen molar-refractivity contribution in [1.29, 1.82) is 0 Å². The molecule has 0 heterocycles. The lowest BCUT2D eigenvalue weighted by molar-refractivity contribution is -0.127. The van der Waals surface area contributed by atoms with Gasteiger partial charge in [-0.1, -0.05) is 11.6 Å². The standard InChI is InChI=1S/C14H20ClN3O2S/c1-5-16-14(21)18-17-13(19)10(4)20-11-6-8(2)12(15)9(3)7-11/h6-7,10H,5H2,1-4H3,(H,17,19)(H2,16,18,21)/t10-/m1/s1. The molecule has 0 saturated heterocycles. The third-order valence-electron chi connectivity index (χ3n) is 2.73. The molecule has 5 nitrogen and oxygen atoms in total. The molecule has 1 amide bonds. The summed E-state index contributed by atoms with van der Waals surface area (Å²) in [6.45, 7) is 8.03. The minimum atomic E-state index is -0.665. The Bertz CT molecular complexity index is 514. The van der Waals surface area contributed by atoms with Crippen LogP contribution in [0.4, 0.5) is 0 Å². The van der Waals surface area contributed by atoms with E-state index in [1.807, 2.05) is 20.8 Å². The molecule has 0 aliphatic heterocycles. The third-order valence-corrected chi connectivity index (χ3v) is 3.57. The van der Waals surface area contributed by atoms with Crippen molar-refractivity contribution < 1.29 is 9.53 Å². The van der Waals surface area contributed by atoms with Crippen molar-refractivity contribution in [3.05, 3.63) is 28.3 Å². The summed E-state index contributed by atoms with van der Waals surface area (Å²) in [5, 5.41) is 3.92. The van der Waals surface area contributed by atoms with E-state index in [2.05, 4.69) is 16.2 Å². The van der Waals surface area contributed by atoms with E-state index in [4.69, 9.17) is 28.6 Å². The maximum Gasteiger partial charge on any atom is 0.279 e. The summed E-state index contributed by atoms with van der Waals surface area (Å²) in [5.74, 6) is 0.284. The van der Waals surface area contributed by atoms with Gasteiger partial charge in [-0.25, -0.2) is 0 Å². The molecule has 0 aliphatic rings. The van der Waals surface area contributed by atoms with E-state index in [-0.39, 0.29) is 5.91 Å². The first-order chi connectivity index (χ1) is 9.85. The van der Waals surface area contributed by atoms with Crippen LogP contribution in [-0.2, 0) is 4.79 Å². The lowest BCUT2D eigenvalue weighted by Crippen LogP contribution is -2.50. The van der Waals surface area contributed by atoms with Crippen LogP contribution >= 0.6 is 23.8 Å². The molecule has 0 aromatic heterocycles. The lowest BCUT2D eigenvalue weighted by atomic mass is 10.1. The van der Waals surface area contributed by atoms with E-state index in [9.17, 15) is 4.79 Å². The Labute approximate surface area is 135 Å². The zero-order chi connectivity index (χ0) is 16.0. The number of carbonyl (C=O) groups is 1. The number of hydrogen-bond acceptors (Lipinski definition) is 3. The summed E-state index contributed by atoms with van der Waals surface area (Å²) in [4.78, 5) is 11.9. The average Bonchev–Trinajstić information content (AvgIpc) is 2.42. The highest BCUT2D eigenvalue weighted by atomic mass is 35.5. The number of halogens is 1. The Balaban J connectivity index is 2.58. The van der Waals surface area contributed by atoms with Gasteiger partial charge in [-0.3, -0.25) is 15.6 Å². The number of ether oxygens (including phenoxy) is 1. The van der Waals surface area contributed by atoms with Crippen molar-refractivity contribution >= 4 is 34.8 Å². The summed E-state index contributed by atoms with van der Waals surface area (Å²) in [6.07, 6.45) is -0.665. The van der Waals surface area contributed by atoms with E-state index in [1.54, 1.807) is 19.1 Å². The molecule has 7 heteroatoms. The van der Waals surface area contributed by atoms with Gasteiger partial charge in [0.25, 0.3) is 5.91 Å². The minimum absolute atomic E-state index is 0.319. The van der Waals surface area contributed by atoms with Crippen LogP contribution in [0, 0.1) is 13.8 Å². The summed E-state index contributed by atoms with van der Waals surface area (Å²) < 4.78 is 5.61. The van der Waals surface area contributed by atoms with Crippen LogP contribution in [0.3, 0.4) is 0 Å². The Kier molecular flexibility index (Phi) is 6.71. The smallest absolute Gasteiger partial charge is 0.279 e. The lowest BCUT2D eigenvalue weighted by Gasteiger charge is -2.17. The van der Waals surface area contributed by atoms with Crippen LogP contribution in [0.15, 0.2) is 12.1 Å². The molecule has 0 fully saturated rings. The quantitative estimate of drug-likeness (QED) is 0.584. The van der Waals surface area contributed by atoms with Crippen LogP contribution in [0.5, 0.6) is 5.75 Å². The first-order valence-corrected chi connectivity index (χ1v) is 7.40. The van der Waals surface area contributed by atoms with E-state index in [1.165, 1.54) is 0 Å². The normalized spacial score (nSPS) is 11.5. The largest absolute Gasteiger partial charge is 0.481 e. The maximum atomic E-state index is 11.9. The molecule has 0 saturated carbocycles. The molecule has 0 unspecified atom stereocenters. The number of carbonyl (C=O) groups excluding carboxylic acids is 1. The molecule has 1 aromatic carbocycles. The summed E-state index contributed by atoms with van der Waals surface area (Å²) >= 11 is 11.0. The number of rotatable bonds is 4. The van der Waals surface area contributed by atoms with Crippen LogP contribution in [-0.4, -0.2) is 23.7 Å². The topological polar surface area (TPSA) is 62.4 Å². The molecule has 3 N–H and O–H groups in total. The summed E-state index contributed by atoms with van der Waals surface area (Å²) in [6, 6.07) is 3.60. The van der Waals surface area contributed by atoms with Crippen molar-refractivity contribution in [2.75, 3.05) is 6.54 Å². The van der Waals surface area contributed by atoms with Gasteiger partial charge >= 0.3 is 0 Å². The Morgan fingerprint density at radius 1 is 1.33 bits per heavy atom. The third kappa shape index (κ3) is 5.40. The van der Waals surface area contributed by atoms with E-state index in [0.29, 0.717) is 22.4 Å². The molecular formula is C14H20ClN3O2S. The molecular weight excluding hydrogens is 310 g/mol. The number of hydrazine groups is 1. The Morgan fingerprint density at radius 3 is 2.43 bits per heavy atom. The van der Waals surface area contributed by atoms with E-state index < -0.39 is 6.10 Å². The minimum Gasteiger partial charge on any atom is -0.481 e. The zero-order valence-electron chi connectivity index (χ0n) is 12.5. The molecule has 1 atom stereocenters. The van der Waals surface area contributed by atoms with Gasteiger partial charge in [-0.15, -0.1) is 0 Å². The van der Waals surface area contributed by atoms with Crippen molar-refractivity contribution in [2.45, 2.75) is 33.8 Å². The van der Waals surface area contributed by atoms with Crippen molar-refractivity contribution in [2.24, 2.45) is 0 Å². The molecule has 0 radical (unpaired) electrons. The first-order valence-electron chi connectivity index (χ1n) is 6.62. The number of amides is 1. The maximum absolute atomic E-state index is 11.9. The fourth-order valence-electron chi connectivity index (χ4n) is 1.66. The highest BCUT2D eigenvalue weighted by molar-refractivity contribution is 7.80. The van der Waals surface area contributed by atoms with Crippen LogP contribution < -0.4 is 20.9 Å². The Morgan fingerprint density at radius 2 is 1.90 bits per heavy atom. The fraction of sp³-hybridized carbons (Fsp3) is 0.429. The van der Waals surface area contributed by atoms with Crippen LogP contribution in [0.1, 0.15) is 25.0 Å². The van der Waals surface area contributed by atoms with Gasteiger partial charge in [0.2, 0.25) is 0 Å². The van der Waals surface area contributed by atoms with Crippen LogP contribution in [0.25, 0.3) is 0 Å². The predicted octanol–water partition coefficient (Wildman–Crippen LogP) is 2.24. The molecule has 1 aromatic rings. The Hall–Kier alpha value is -1.53. The summed E-state index contributed by atoms with van der Waals surface area (Å²) in [7, 11) is 0. The highest BCUT2D eigenvalue weighted by Crippen LogP contribution is 2.26. The molecule has 0 spiro atoms. The van der Waals surface area contributed by atoms with Crippen molar-refractivity contribution in [3.63, 3.8) is 0 Å². The number of aryl methyl sites for hydroxylation is 2. The van der Waals surface area contributed by atoms with Crippen molar-refractivity contribution in [1.82, 2.24) is 16.2 Å². The van der Waals surface area contributed by atoms with Gasteiger partial charge in [0.05, 0.1) is 0 Å². The predicted molar refractivity (Wildman–Crippen MR) is 88.6 cm³/mol. The fourth-order valence-corrected chi connectivity index (χ4v) is 1.96. The molecule has 21 heavy (non-hydrogen) atoms. The van der Waals surface area contributed by atoms with Crippen molar-refractivity contribution in [3.8, 4) is 5.75 Å². The number of benzene rings is 1. The van der Waals surface area contributed by atoms with E-state index in [0.717, 1.165) is 11.1 Å². The second-order valence-electron chi connectivity index (χ2n) is 4.60. The molecule has 116 valence electrons. The van der Waals surface area contributed by atoms with Gasteiger partial charge in [0, 0.05) is 11.6 Å². The molecule has 1 rings (SSSR count). The number of thiocarbonyl (C=S) groups is 1. The molecule has 0 aliphatic carbocycles. The number of nitrogens with one attached hydrogen (secondary N) is 3.